The number of amides is 2. The number of nitrogens with zero attached hydrogens (tertiary/aromatic N) is 4. The minimum Gasteiger partial charge on any atom is -0.351 e. The lowest BCUT2D eigenvalue weighted by Crippen LogP contribution is -2.24. The lowest BCUT2D eigenvalue weighted by Gasteiger charge is -2.12. The van der Waals surface area contributed by atoms with E-state index in [2.05, 4.69) is 36.0 Å². The Hall–Kier alpha value is -4.29. The van der Waals surface area contributed by atoms with Gasteiger partial charge in [-0.25, -0.2) is 9.97 Å². The third-order valence-electron chi connectivity index (χ3n) is 4.48. The topological polar surface area (TPSA) is 139 Å². The van der Waals surface area contributed by atoms with Gasteiger partial charge >= 0.3 is 6.18 Å². The first-order valence-electron chi connectivity index (χ1n) is 9.09. The number of H-pyrrole nitrogens is 1. The highest BCUT2D eigenvalue weighted by Crippen LogP contribution is 2.33. The summed E-state index contributed by atoms with van der Waals surface area (Å²) >= 11 is 0. The maximum absolute atomic E-state index is 13.0. The molecule has 10 nitrogen and oxygen atoms in total. The van der Waals surface area contributed by atoms with E-state index in [0.717, 1.165) is 6.07 Å². The van der Waals surface area contributed by atoms with Crippen LogP contribution in [0.2, 0.25) is 0 Å². The van der Waals surface area contributed by atoms with Crippen LogP contribution in [0.5, 0.6) is 0 Å². The van der Waals surface area contributed by atoms with E-state index in [-0.39, 0.29) is 34.9 Å². The number of rotatable bonds is 5. The number of aryl methyl sites for hydroxylation is 1. The predicted octanol–water partition coefficient (Wildman–Crippen LogP) is 2.85. The average molecular weight is 445 g/mol. The van der Waals surface area contributed by atoms with Gasteiger partial charge in [0.25, 0.3) is 11.8 Å². The van der Waals surface area contributed by atoms with E-state index in [1.165, 1.54) is 37.6 Å². The molecule has 0 unspecified atom stereocenters. The number of alkyl halides is 3. The lowest BCUT2D eigenvalue weighted by atomic mass is 10.1. The first-order valence-corrected chi connectivity index (χ1v) is 9.09. The molecule has 0 aliphatic rings. The molecular weight excluding hydrogens is 431 g/mol. The molecule has 1 aromatic carbocycles. The molecule has 3 aromatic heterocycles. The van der Waals surface area contributed by atoms with E-state index < -0.39 is 23.6 Å². The van der Waals surface area contributed by atoms with Gasteiger partial charge in [-0.15, -0.1) is 0 Å². The van der Waals surface area contributed by atoms with E-state index in [0.29, 0.717) is 11.0 Å². The molecule has 3 heterocycles. The molecule has 13 heteroatoms. The highest BCUT2D eigenvalue weighted by molar-refractivity contribution is 6.03. The van der Waals surface area contributed by atoms with Crippen molar-refractivity contribution in [3.05, 3.63) is 65.1 Å². The summed E-state index contributed by atoms with van der Waals surface area (Å²) in [5.41, 5.74) is -0.148. The van der Waals surface area contributed by atoms with Crippen LogP contribution in [-0.2, 0) is 12.7 Å². The van der Waals surface area contributed by atoms with Crippen molar-refractivity contribution in [2.75, 3.05) is 5.32 Å². The maximum atomic E-state index is 13.0. The normalized spacial score (nSPS) is 11.5. The van der Waals surface area contributed by atoms with Crippen molar-refractivity contribution in [2.45, 2.75) is 19.6 Å². The van der Waals surface area contributed by atoms with Crippen molar-refractivity contribution in [1.82, 2.24) is 30.6 Å². The number of benzene rings is 1. The van der Waals surface area contributed by atoms with E-state index in [1.807, 2.05) is 0 Å². The fraction of sp³-hybridized carbons (Fsp3) is 0.158. The van der Waals surface area contributed by atoms with Crippen LogP contribution < -0.4 is 10.6 Å². The van der Waals surface area contributed by atoms with Gasteiger partial charge in [0, 0.05) is 11.8 Å². The molecule has 0 spiro atoms. The summed E-state index contributed by atoms with van der Waals surface area (Å²) in [7, 11) is 0. The van der Waals surface area contributed by atoms with Crippen molar-refractivity contribution in [1.29, 1.82) is 0 Å². The van der Waals surface area contributed by atoms with Crippen LogP contribution in [0.25, 0.3) is 11.0 Å². The molecule has 0 atom stereocenters. The minimum atomic E-state index is -4.55. The molecule has 2 amide bonds. The van der Waals surface area contributed by atoms with Gasteiger partial charge in [0.2, 0.25) is 5.76 Å². The molecule has 0 aliphatic heterocycles. The van der Waals surface area contributed by atoms with Crippen LogP contribution in [0.15, 0.2) is 41.3 Å². The lowest BCUT2D eigenvalue weighted by molar-refractivity contribution is -0.138. The molecule has 3 N–H and O–H groups in total. The molecule has 32 heavy (non-hydrogen) atoms. The van der Waals surface area contributed by atoms with Crippen LogP contribution in [0.4, 0.5) is 18.9 Å². The van der Waals surface area contributed by atoms with Gasteiger partial charge < -0.3 is 15.2 Å². The third kappa shape index (κ3) is 4.26. The number of carbonyl (C=O) groups excluding carboxylic acids is 2. The first-order chi connectivity index (χ1) is 15.2. The van der Waals surface area contributed by atoms with Gasteiger partial charge in [0.15, 0.2) is 5.65 Å². The molecule has 4 aromatic rings. The third-order valence-corrected chi connectivity index (χ3v) is 4.48. The first kappa shape index (κ1) is 21.0. The number of aromatic nitrogens is 5. The van der Waals surface area contributed by atoms with Crippen LogP contribution >= 0.6 is 0 Å². The number of carbonyl (C=O) groups is 2. The fourth-order valence-electron chi connectivity index (χ4n) is 2.90. The summed E-state index contributed by atoms with van der Waals surface area (Å²) < 4.78 is 44.1. The maximum Gasteiger partial charge on any atom is 0.416 e. The highest BCUT2D eigenvalue weighted by Gasteiger charge is 2.32. The van der Waals surface area contributed by atoms with Gasteiger partial charge in [0.05, 0.1) is 23.7 Å². The minimum absolute atomic E-state index is 0.0320. The smallest absolute Gasteiger partial charge is 0.351 e. The van der Waals surface area contributed by atoms with Gasteiger partial charge in [-0.1, -0.05) is 11.2 Å². The second-order valence-electron chi connectivity index (χ2n) is 6.70. The van der Waals surface area contributed by atoms with Gasteiger partial charge in [-0.3, -0.25) is 14.7 Å². The number of hydrogen-bond acceptors (Lipinski definition) is 7. The fourth-order valence-corrected chi connectivity index (χ4v) is 2.90. The number of aromatic amines is 1. The Kier molecular flexibility index (Phi) is 5.30. The Balaban J connectivity index is 1.41. The predicted molar refractivity (Wildman–Crippen MR) is 103 cm³/mol. The molecule has 0 radical (unpaired) electrons. The van der Waals surface area contributed by atoms with E-state index >= 15 is 0 Å². The van der Waals surface area contributed by atoms with Crippen molar-refractivity contribution in [3.63, 3.8) is 0 Å². The van der Waals surface area contributed by atoms with Crippen LogP contribution in [0, 0.1) is 6.92 Å². The summed E-state index contributed by atoms with van der Waals surface area (Å²) in [6.07, 6.45) is -1.92. The molecule has 164 valence electrons. The van der Waals surface area contributed by atoms with Crippen molar-refractivity contribution < 1.29 is 27.3 Å². The average Bonchev–Trinajstić information content (AvgIpc) is 3.42. The van der Waals surface area contributed by atoms with Gasteiger partial charge in [-0.05, 0) is 24.6 Å². The zero-order valence-corrected chi connectivity index (χ0v) is 16.3. The number of fused-ring (bicyclic) bond motifs is 1. The van der Waals surface area contributed by atoms with Gasteiger partial charge in [-0.2, -0.15) is 18.3 Å². The molecule has 0 bridgehead atoms. The Bertz CT molecular complexity index is 1310. The standard InChI is InChI=1S/C19H14F3N7O3/c1-9-2-3-10(4-13(9)19(20,21)22)27-17(30)14-5-11(29-32-14)6-23-18(31)15-12-7-26-28-16(12)25-8-24-15/h2-5,7-8H,6H2,1H3,(H,23,31)(H,27,30)(H,24,25,26,28). The molecule has 0 fully saturated rings. The largest absolute Gasteiger partial charge is 0.416 e. The van der Waals surface area contributed by atoms with E-state index in [4.69, 9.17) is 4.52 Å². The molecule has 4 rings (SSSR count). The van der Waals surface area contributed by atoms with Crippen molar-refractivity contribution >= 4 is 28.5 Å². The summed E-state index contributed by atoms with van der Waals surface area (Å²) in [5, 5.41) is 15.5. The Morgan fingerprint density at radius 1 is 1.16 bits per heavy atom. The highest BCUT2D eigenvalue weighted by atomic mass is 19.4. The molecule has 0 saturated carbocycles. The number of anilines is 1. The molecule has 0 aliphatic carbocycles. The zero-order chi connectivity index (χ0) is 22.9. The van der Waals surface area contributed by atoms with Crippen molar-refractivity contribution in [3.8, 4) is 0 Å². The van der Waals surface area contributed by atoms with Crippen LogP contribution in [0.3, 0.4) is 0 Å². The second kappa shape index (κ2) is 8.09. The van der Waals surface area contributed by atoms with Crippen molar-refractivity contribution in [2.24, 2.45) is 0 Å². The SMILES string of the molecule is Cc1ccc(NC(=O)c2cc(CNC(=O)c3ncnc4[nH]ncc34)no2)cc1C(F)(F)F. The quantitative estimate of drug-likeness (QED) is 0.429. The molecule has 0 saturated heterocycles. The second-order valence-corrected chi connectivity index (χ2v) is 6.70. The summed E-state index contributed by atoms with van der Waals surface area (Å²) in [4.78, 5) is 32.6. The number of hydrogen-bond donors (Lipinski definition) is 3. The summed E-state index contributed by atoms with van der Waals surface area (Å²) in [6, 6.07) is 4.70. The summed E-state index contributed by atoms with van der Waals surface area (Å²) in [5.74, 6) is -1.54. The van der Waals surface area contributed by atoms with E-state index in [9.17, 15) is 22.8 Å². The number of halogens is 3. The Morgan fingerprint density at radius 2 is 1.97 bits per heavy atom. The van der Waals surface area contributed by atoms with Gasteiger partial charge in [0.1, 0.15) is 17.7 Å². The zero-order valence-electron chi connectivity index (χ0n) is 16.3. The monoisotopic (exact) mass is 445 g/mol. The summed E-state index contributed by atoms with van der Waals surface area (Å²) in [6.45, 7) is 1.24. The Labute approximate surface area is 177 Å². The van der Waals surface area contributed by atoms with Crippen LogP contribution in [0.1, 0.15) is 37.9 Å². The number of nitrogens with one attached hydrogen (secondary N) is 3. The Morgan fingerprint density at radius 3 is 2.75 bits per heavy atom. The van der Waals surface area contributed by atoms with E-state index in [1.54, 1.807) is 0 Å². The molecular formula is C19H14F3N7O3. The van der Waals surface area contributed by atoms with Crippen LogP contribution in [-0.4, -0.2) is 37.1 Å².